The summed E-state index contributed by atoms with van der Waals surface area (Å²) in [6.45, 7) is 7.00. The molecular weight excluding hydrogens is 574 g/mol. The van der Waals surface area contributed by atoms with E-state index in [1.54, 1.807) is 38.1 Å². The molecular formula is C32H36F2N4O4S. The van der Waals surface area contributed by atoms with Gasteiger partial charge in [0.15, 0.2) is 5.78 Å². The summed E-state index contributed by atoms with van der Waals surface area (Å²) < 4.78 is 67.8. The van der Waals surface area contributed by atoms with Gasteiger partial charge in [0, 0.05) is 42.5 Å². The minimum absolute atomic E-state index is 0.0290. The average Bonchev–Trinajstić information content (AvgIpc) is 3.41. The molecule has 228 valence electrons. The van der Waals surface area contributed by atoms with E-state index >= 15 is 8.78 Å². The van der Waals surface area contributed by atoms with Gasteiger partial charge in [0.1, 0.15) is 11.5 Å². The number of aromatic nitrogens is 3. The molecule has 0 spiro atoms. The van der Waals surface area contributed by atoms with Gasteiger partial charge in [-0.05, 0) is 62.8 Å². The maximum Gasteiger partial charge on any atom is 0.273 e. The van der Waals surface area contributed by atoms with Gasteiger partial charge in [0.05, 0.1) is 16.3 Å². The molecule has 4 aromatic rings. The number of benzene rings is 2. The SMILES string of the molecule is CCCc1nc2c(n1Cc1ccc(-c3ccccc3S(=O)(=O)Nc3onc(C)c3C)c(C(F)(F)CC)c1)C(=O)CCCC2. The number of Topliss-reactive ketones (excluding diaryl/α,β-unsaturated/α-hetero) is 1. The Balaban J connectivity index is 1.61. The molecule has 1 N–H and O–H groups in total. The normalized spacial score (nSPS) is 14.0. The van der Waals surface area contributed by atoms with E-state index in [0.29, 0.717) is 35.4 Å². The number of nitrogens with one attached hydrogen (secondary N) is 1. The lowest BCUT2D eigenvalue weighted by atomic mass is 9.92. The van der Waals surface area contributed by atoms with Crippen LogP contribution in [0.15, 0.2) is 51.9 Å². The van der Waals surface area contributed by atoms with E-state index in [0.717, 1.165) is 37.2 Å². The zero-order chi connectivity index (χ0) is 30.9. The van der Waals surface area contributed by atoms with Crippen molar-refractivity contribution in [3.8, 4) is 11.1 Å². The number of imidazole rings is 1. The van der Waals surface area contributed by atoms with Crippen LogP contribution in [0.1, 0.15) is 90.3 Å². The Bertz CT molecular complexity index is 1780. The quantitative estimate of drug-likeness (QED) is 0.188. The Morgan fingerprint density at radius 1 is 1.05 bits per heavy atom. The predicted octanol–water partition coefficient (Wildman–Crippen LogP) is 7.37. The summed E-state index contributed by atoms with van der Waals surface area (Å²) in [4.78, 5) is 17.7. The molecule has 0 saturated carbocycles. The minimum atomic E-state index is -4.23. The molecule has 43 heavy (non-hydrogen) atoms. The topological polar surface area (TPSA) is 107 Å². The highest BCUT2D eigenvalue weighted by Gasteiger charge is 2.34. The van der Waals surface area contributed by atoms with E-state index in [1.807, 2.05) is 11.5 Å². The molecule has 0 saturated heterocycles. The maximum atomic E-state index is 15.6. The van der Waals surface area contributed by atoms with Gasteiger partial charge in [-0.3, -0.25) is 4.79 Å². The smallest absolute Gasteiger partial charge is 0.273 e. The number of carbonyl (C=O) groups excluding carboxylic acids is 1. The number of carbonyl (C=O) groups is 1. The molecule has 0 bridgehead atoms. The lowest BCUT2D eigenvalue weighted by Gasteiger charge is -2.22. The number of alkyl halides is 2. The third kappa shape index (κ3) is 6.00. The molecule has 2 heterocycles. The van der Waals surface area contributed by atoms with Crippen molar-refractivity contribution < 1.29 is 26.5 Å². The highest BCUT2D eigenvalue weighted by atomic mass is 32.2. The van der Waals surface area contributed by atoms with Gasteiger partial charge in [-0.15, -0.1) is 0 Å². The molecule has 11 heteroatoms. The van der Waals surface area contributed by atoms with Gasteiger partial charge in [-0.2, -0.15) is 0 Å². The van der Waals surface area contributed by atoms with Crippen LogP contribution >= 0.6 is 0 Å². The van der Waals surface area contributed by atoms with Crippen LogP contribution in [0.5, 0.6) is 0 Å². The first-order chi connectivity index (χ1) is 20.5. The van der Waals surface area contributed by atoms with Crippen molar-refractivity contribution in [3.63, 3.8) is 0 Å². The Hall–Kier alpha value is -3.86. The standard InChI is InChI=1S/C32H36F2N4O4S/c1-5-11-29-35-26-13-8-9-14-27(39)30(26)38(29)19-22-16-17-23(25(18-22)32(33,34)6-2)24-12-7-10-15-28(24)43(40,41)37-31-20(3)21(4)36-42-31/h7,10,12,15-18,37H,5-6,8-9,11,13-14,19H2,1-4H3. The second kappa shape index (κ2) is 12.0. The monoisotopic (exact) mass is 610 g/mol. The molecule has 5 rings (SSSR count). The highest BCUT2D eigenvalue weighted by Crippen LogP contribution is 2.41. The summed E-state index contributed by atoms with van der Waals surface area (Å²) in [5, 5.41) is 3.80. The summed E-state index contributed by atoms with van der Waals surface area (Å²) in [6.07, 6.45) is 3.85. The molecule has 0 atom stereocenters. The van der Waals surface area contributed by atoms with Gasteiger partial charge in [0.2, 0.25) is 5.88 Å². The number of rotatable bonds is 10. The van der Waals surface area contributed by atoms with Gasteiger partial charge in [0.25, 0.3) is 15.9 Å². The summed E-state index contributed by atoms with van der Waals surface area (Å²) >= 11 is 0. The van der Waals surface area contributed by atoms with Crippen molar-refractivity contribution in [1.29, 1.82) is 0 Å². The maximum absolute atomic E-state index is 15.6. The minimum Gasteiger partial charge on any atom is -0.337 e. The van der Waals surface area contributed by atoms with Gasteiger partial charge < -0.3 is 9.09 Å². The van der Waals surface area contributed by atoms with Crippen LogP contribution in [0.3, 0.4) is 0 Å². The zero-order valence-electron chi connectivity index (χ0n) is 24.8. The van der Waals surface area contributed by atoms with Crippen LogP contribution in [0, 0.1) is 13.8 Å². The van der Waals surface area contributed by atoms with Crippen LogP contribution in [-0.4, -0.2) is 28.9 Å². The number of aryl methyl sites for hydroxylation is 3. The van der Waals surface area contributed by atoms with E-state index < -0.39 is 22.4 Å². The van der Waals surface area contributed by atoms with Crippen LogP contribution in [-0.2, 0) is 35.3 Å². The number of hydrogen-bond acceptors (Lipinski definition) is 6. The molecule has 2 aromatic carbocycles. The van der Waals surface area contributed by atoms with Crippen molar-refractivity contribution in [2.24, 2.45) is 0 Å². The molecule has 0 amide bonds. The van der Waals surface area contributed by atoms with Crippen LogP contribution < -0.4 is 4.72 Å². The molecule has 0 unspecified atom stereocenters. The fraction of sp³-hybridized carbons (Fsp3) is 0.406. The van der Waals surface area contributed by atoms with Crippen molar-refractivity contribution in [3.05, 3.63) is 82.1 Å². The molecule has 0 fully saturated rings. The third-order valence-electron chi connectivity index (χ3n) is 8.04. The Morgan fingerprint density at radius 2 is 1.79 bits per heavy atom. The first-order valence-electron chi connectivity index (χ1n) is 14.6. The number of halogens is 2. The average molecular weight is 611 g/mol. The number of sulfonamides is 1. The second-order valence-electron chi connectivity index (χ2n) is 11.1. The molecule has 2 aromatic heterocycles. The van der Waals surface area contributed by atoms with Crippen molar-refractivity contribution in [2.75, 3.05) is 4.72 Å². The molecule has 0 radical (unpaired) electrons. The molecule has 0 aliphatic heterocycles. The number of hydrogen-bond donors (Lipinski definition) is 1. The van der Waals surface area contributed by atoms with Crippen molar-refractivity contribution >= 4 is 21.7 Å². The third-order valence-corrected chi connectivity index (χ3v) is 9.43. The Kier molecular flexibility index (Phi) is 8.56. The fourth-order valence-electron chi connectivity index (χ4n) is 5.53. The van der Waals surface area contributed by atoms with E-state index in [4.69, 9.17) is 9.51 Å². The predicted molar refractivity (Wildman–Crippen MR) is 160 cm³/mol. The van der Waals surface area contributed by atoms with Crippen molar-refractivity contribution in [1.82, 2.24) is 14.7 Å². The highest BCUT2D eigenvalue weighted by molar-refractivity contribution is 7.92. The fourth-order valence-corrected chi connectivity index (χ4v) is 6.80. The van der Waals surface area contributed by atoms with Gasteiger partial charge in [-0.1, -0.05) is 49.3 Å². The summed E-state index contributed by atoms with van der Waals surface area (Å²) in [7, 11) is -4.23. The van der Waals surface area contributed by atoms with E-state index in [9.17, 15) is 13.2 Å². The van der Waals surface area contributed by atoms with Crippen LogP contribution in [0.25, 0.3) is 11.1 Å². The molecule has 1 aliphatic carbocycles. The van der Waals surface area contributed by atoms with Gasteiger partial charge >= 0.3 is 0 Å². The largest absolute Gasteiger partial charge is 0.337 e. The molecule has 1 aliphatic rings. The van der Waals surface area contributed by atoms with E-state index in [1.165, 1.54) is 25.1 Å². The summed E-state index contributed by atoms with van der Waals surface area (Å²) in [5.74, 6) is -2.47. The van der Waals surface area contributed by atoms with E-state index in [2.05, 4.69) is 9.88 Å². The Morgan fingerprint density at radius 3 is 2.49 bits per heavy atom. The lowest BCUT2D eigenvalue weighted by molar-refractivity contribution is -0.00778. The number of fused-ring (bicyclic) bond motifs is 1. The van der Waals surface area contributed by atoms with Crippen LogP contribution in [0.2, 0.25) is 0 Å². The first kappa shape index (κ1) is 30.6. The Labute approximate surface area is 250 Å². The lowest BCUT2D eigenvalue weighted by Crippen LogP contribution is -2.18. The number of ketones is 1. The van der Waals surface area contributed by atoms with Crippen LogP contribution in [0.4, 0.5) is 14.7 Å². The second-order valence-corrected chi connectivity index (χ2v) is 12.7. The summed E-state index contributed by atoms with van der Waals surface area (Å²) in [6, 6.07) is 10.7. The summed E-state index contributed by atoms with van der Waals surface area (Å²) in [5.41, 5.74) is 2.96. The number of anilines is 1. The first-order valence-corrected chi connectivity index (χ1v) is 16.1. The van der Waals surface area contributed by atoms with E-state index in [-0.39, 0.29) is 39.8 Å². The zero-order valence-corrected chi connectivity index (χ0v) is 25.7. The molecule has 8 nitrogen and oxygen atoms in total. The van der Waals surface area contributed by atoms with Gasteiger partial charge in [-0.25, -0.2) is 26.9 Å². The van der Waals surface area contributed by atoms with Crippen molar-refractivity contribution in [2.45, 2.75) is 90.0 Å². The number of nitrogens with zero attached hydrogens (tertiary/aromatic N) is 3.